The number of alkyl halides is 3. The van der Waals surface area contributed by atoms with Crippen LogP contribution < -0.4 is 10.2 Å². The Morgan fingerprint density at radius 3 is 2.24 bits per heavy atom. The lowest BCUT2D eigenvalue weighted by molar-refractivity contribution is -0.141. The van der Waals surface area contributed by atoms with Gasteiger partial charge in [-0.2, -0.15) is 13.2 Å². The number of halogens is 4. The van der Waals surface area contributed by atoms with E-state index in [2.05, 4.69) is 15.3 Å². The van der Waals surface area contributed by atoms with Crippen molar-refractivity contribution in [1.29, 1.82) is 0 Å². The van der Waals surface area contributed by atoms with Crippen molar-refractivity contribution in [2.75, 3.05) is 36.4 Å². The minimum Gasteiger partial charge on any atom is -0.354 e. The van der Waals surface area contributed by atoms with E-state index in [4.69, 9.17) is 0 Å². The lowest BCUT2D eigenvalue weighted by atomic mass is 10.0. The predicted octanol–water partition coefficient (Wildman–Crippen LogP) is 4.14. The van der Waals surface area contributed by atoms with Gasteiger partial charge in [-0.1, -0.05) is 6.07 Å². The van der Waals surface area contributed by atoms with Crippen LogP contribution in [0, 0.1) is 5.82 Å². The van der Waals surface area contributed by atoms with E-state index in [1.165, 1.54) is 30.3 Å². The Labute approximate surface area is 187 Å². The summed E-state index contributed by atoms with van der Waals surface area (Å²) in [6.45, 7) is 1.67. The number of hydrogen-bond donors (Lipinski definition) is 1. The topological polar surface area (TPSA) is 61.4 Å². The molecule has 6 nitrogen and oxygen atoms in total. The molecule has 172 valence electrons. The molecule has 1 atom stereocenters. The maximum Gasteiger partial charge on any atom is 0.433 e. The van der Waals surface area contributed by atoms with Gasteiger partial charge in [-0.05, 0) is 54.1 Å². The molecule has 1 aliphatic heterocycles. The average molecular weight is 459 g/mol. The number of nitrogens with zero attached hydrogens (tertiary/aromatic N) is 4. The van der Waals surface area contributed by atoms with Gasteiger partial charge in [-0.3, -0.25) is 14.7 Å². The van der Waals surface area contributed by atoms with Crippen molar-refractivity contribution < 1.29 is 22.4 Å². The van der Waals surface area contributed by atoms with E-state index in [0.29, 0.717) is 31.9 Å². The number of pyridine rings is 2. The summed E-state index contributed by atoms with van der Waals surface area (Å²) in [4.78, 5) is 24.7. The molecule has 33 heavy (non-hydrogen) atoms. The van der Waals surface area contributed by atoms with E-state index in [1.54, 1.807) is 35.5 Å². The quantitative estimate of drug-likeness (QED) is 0.582. The molecule has 0 aliphatic carbocycles. The minimum atomic E-state index is -4.51. The Morgan fingerprint density at radius 2 is 1.61 bits per heavy atom. The number of nitrogens with one attached hydrogen (secondary N) is 1. The number of carbonyl (C=O) groups excluding carboxylic acids is 1. The molecule has 0 bridgehead atoms. The van der Waals surface area contributed by atoms with Crippen molar-refractivity contribution in [2.24, 2.45) is 0 Å². The van der Waals surface area contributed by atoms with Crippen LogP contribution in [0.4, 0.5) is 29.1 Å². The third-order valence-electron chi connectivity index (χ3n) is 5.41. The van der Waals surface area contributed by atoms with Crippen LogP contribution in [0.3, 0.4) is 0 Å². The molecule has 0 spiro atoms. The summed E-state index contributed by atoms with van der Waals surface area (Å²) < 4.78 is 52.3. The van der Waals surface area contributed by atoms with E-state index in [1.807, 2.05) is 4.90 Å². The van der Waals surface area contributed by atoms with Crippen LogP contribution in [0.5, 0.6) is 0 Å². The first-order chi connectivity index (χ1) is 15.8. The standard InChI is InChI=1S/C23H21F4N5O/c24-17-4-6-18(7-5-17)29-22(33)21(16-8-10-28-11-9-16)32-14-12-31(13-15-32)20-3-1-2-19(30-20)23(25,26)27/h1-11,21H,12-15H2,(H,29,33). The van der Waals surface area contributed by atoms with E-state index in [0.717, 1.165) is 11.6 Å². The second-order valence-corrected chi connectivity index (χ2v) is 7.58. The highest BCUT2D eigenvalue weighted by Gasteiger charge is 2.34. The molecule has 1 N–H and O–H groups in total. The molecule has 3 aromatic rings. The molecule has 4 rings (SSSR count). The Hall–Kier alpha value is -3.53. The molecule has 0 radical (unpaired) electrons. The lowest BCUT2D eigenvalue weighted by Crippen LogP contribution is -2.50. The number of hydrogen-bond acceptors (Lipinski definition) is 5. The molecule has 0 saturated carbocycles. The van der Waals surface area contributed by atoms with Crippen molar-refractivity contribution in [3.8, 4) is 0 Å². The molecular formula is C23H21F4N5O. The average Bonchev–Trinajstić information content (AvgIpc) is 2.81. The second kappa shape index (κ2) is 9.53. The normalized spacial score (nSPS) is 15.8. The minimum absolute atomic E-state index is 0.251. The molecule has 2 aromatic heterocycles. The van der Waals surface area contributed by atoms with Crippen LogP contribution in [0.25, 0.3) is 0 Å². The maximum absolute atomic E-state index is 13.2. The molecular weight excluding hydrogens is 438 g/mol. The largest absolute Gasteiger partial charge is 0.433 e. The summed E-state index contributed by atoms with van der Waals surface area (Å²) in [6.07, 6.45) is -1.32. The summed E-state index contributed by atoms with van der Waals surface area (Å²) in [6, 6.07) is 12.2. The number of piperazine rings is 1. The zero-order chi connectivity index (χ0) is 23.4. The first-order valence-corrected chi connectivity index (χ1v) is 10.3. The Balaban J connectivity index is 1.50. The van der Waals surface area contributed by atoms with Gasteiger partial charge in [0.15, 0.2) is 0 Å². The number of carbonyl (C=O) groups is 1. The summed E-state index contributed by atoms with van der Waals surface area (Å²) in [7, 11) is 0. The maximum atomic E-state index is 13.2. The van der Waals surface area contributed by atoms with Gasteiger partial charge in [-0.15, -0.1) is 0 Å². The van der Waals surface area contributed by atoms with Crippen LogP contribution in [0.2, 0.25) is 0 Å². The van der Waals surface area contributed by atoms with Crippen LogP contribution in [0.15, 0.2) is 67.0 Å². The van der Waals surface area contributed by atoms with Crippen LogP contribution in [-0.4, -0.2) is 47.0 Å². The van der Waals surface area contributed by atoms with Gasteiger partial charge in [0.1, 0.15) is 23.4 Å². The van der Waals surface area contributed by atoms with Crippen molar-refractivity contribution in [3.05, 3.63) is 84.1 Å². The summed E-state index contributed by atoms with van der Waals surface area (Å²) in [5.41, 5.74) is 0.262. The molecule has 3 heterocycles. The molecule has 10 heteroatoms. The fourth-order valence-corrected chi connectivity index (χ4v) is 3.78. The van der Waals surface area contributed by atoms with Crippen LogP contribution >= 0.6 is 0 Å². The number of aromatic nitrogens is 2. The van der Waals surface area contributed by atoms with Gasteiger partial charge >= 0.3 is 6.18 Å². The first-order valence-electron chi connectivity index (χ1n) is 10.3. The molecule has 1 aliphatic rings. The fraction of sp³-hybridized carbons (Fsp3) is 0.261. The monoisotopic (exact) mass is 459 g/mol. The lowest BCUT2D eigenvalue weighted by Gasteiger charge is -2.39. The van der Waals surface area contributed by atoms with E-state index >= 15 is 0 Å². The summed E-state index contributed by atoms with van der Waals surface area (Å²) in [5.74, 6) is -0.447. The SMILES string of the molecule is O=C(Nc1ccc(F)cc1)C(c1ccncc1)N1CCN(c2cccc(C(F)(F)F)n2)CC1. The van der Waals surface area contributed by atoms with Crippen molar-refractivity contribution >= 4 is 17.4 Å². The molecule has 1 amide bonds. The smallest absolute Gasteiger partial charge is 0.354 e. The van der Waals surface area contributed by atoms with E-state index < -0.39 is 23.7 Å². The summed E-state index contributed by atoms with van der Waals surface area (Å²) in [5, 5.41) is 2.81. The third kappa shape index (κ3) is 5.46. The predicted molar refractivity (Wildman–Crippen MR) is 115 cm³/mol. The van der Waals surface area contributed by atoms with Gasteiger partial charge in [0.05, 0.1) is 0 Å². The Morgan fingerprint density at radius 1 is 0.939 bits per heavy atom. The zero-order valence-corrected chi connectivity index (χ0v) is 17.5. The molecule has 1 aromatic carbocycles. The number of anilines is 2. The van der Waals surface area contributed by atoms with Gasteiger partial charge < -0.3 is 10.2 Å². The highest BCUT2D eigenvalue weighted by molar-refractivity contribution is 5.95. The first kappa shape index (κ1) is 22.7. The highest BCUT2D eigenvalue weighted by atomic mass is 19.4. The molecule has 1 fully saturated rings. The van der Waals surface area contributed by atoms with Crippen molar-refractivity contribution in [1.82, 2.24) is 14.9 Å². The van der Waals surface area contributed by atoms with Crippen molar-refractivity contribution in [2.45, 2.75) is 12.2 Å². The fourth-order valence-electron chi connectivity index (χ4n) is 3.78. The van der Waals surface area contributed by atoms with Gasteiger partial charge in [-0.25, -0.2) is 9.37 Å². The van der Waals surface area contributed by atoms with Gasteiger partial charge in [0.25, 0.3) is 0 Å². The second-order valence-electron chi connectivity index (χ2n) is 7.58. The molecule has 1 unspecified atom stereocenters. The van der Waals surface area contributed by atoms with Gasteiger partial charge in [0.2, 0.25) is 5.91 Å². The number of amides is 1. The van der Waals surface area contributed by atoms with E-state index in [-0.39, 0.29) is 11.7 Å². The van der Waals surface area contributed by atoms with Gasteiger partial charge in [0, 0.05) is 44.3 Å². The van der Waals surface area contributed by atoms with Crippen LogP contribution in [0.1, 0.15) is 17.3 Å². The third-order valence-corrected chi connectivity index (χ3v) is 5.41. The Bertz CT molecular complexity index is 1080. The van der Waals surface area contributed by atoms with E-state index in [9.17, 15) is 22.4 Å². The van der Waals surface area contributed by atoms with Crippen LogP contribution in [-0.2, 0) is 11.0 Å². The highest BCUT2D eigenvalue weighted by Crippen LogP contribution is 2.30. The number of rotatable bonds is 5. The van der Waals surface area contributed by atoms with Crippen molar-refractivity contribution in [3.63, 3.8) is 0 Å². The summed E-state index contributed by atoms with van der Waals surface area (Å²) >= 11 is 0. The molecule has 1 saturated heterocycles. The number of benzene rings is 1. The zero-order valence-electron chi connectivity index (χ0n) is 17.5. The Kier molecular flexibility index (Phi) is 6.55.